The zero-order chi connectivity index (χ0) is 22.9. The van der Waals surface area contributed by atoms with Crippen molar-refractivity contribution in [2.24, 2.45) is 0 Å². The van der Waals surface area contributed by atoms with E-state index in [9.17, 15) is 5.11 Å². The fraction of sp³-hybridized carbons (Fsp3) is 0.296. The van der Waals surface area contributed by atoms with E-state index in [4.69, 9.17) is 19.7 Å². The number of aliphatic hydroxyl groups is 1. The molecule has 1 heterocycles. The number of hydrogen-bond donors (Lipinski definition) is 1. The molecule has 1 aliphatic carbocycles. The largest absolute Gasteiger partial charge is 0.385 e. The third-order valence-corrected chi connectivity index (χ3v) is 5.80. The lowest BCUT2D eigenvalue weighted by molar-refractivity contribution is -0.0811. The van der Waals surface area contributed by atoms with Crippen molar-refractivity contribution in [1.82, 2.24) is 15.0 Å². The van der Waals surface area contributed by atoms with Gasteiger partial charge in [-0.1, -0.05) is 65.8 Å². The van der Waals surface area contributed by atoms with Crippen LogP contribution in [0.5, 0.6) is 0 Å². The summed E-state index contributed by atoms with van der Waals surface area (Å²) in [4.78, 5) is 14.5. The number of allylic oxidation sites excluding steroid dienone is 2. The van der Waals surface area contributed by atoms with E-state index >= 15 is 0 Å². The lowest BCUT2D eigenvalue weighted by Gasteiger charge is -2.34. The van der Waals surface area contributed by atoms with E-state index in [-0.39, 0.29) is 0 Å². The van der Waals surface area contributed by atoms with Gasteiger partial charge in [0.1, 0.15) is 6.10 Å². The van der Waals surface area contributed by atoms with Crippen LogP contribution in [-0.4, -0.2) is 32.8 Å². The van der Waals surface area contributed by atoms with Crippen LogP contribution < -0.4 is 0 Å². The third kappa shape index (κ3) is 4.01. The first-order valence-electron chi connectivity index (χ1n) is 10.9. The molecule has 0 amide bonds. The van der Waals surface area contributed by atoms with Gasteiger partial charge < -0.3 is 9.84 Å². The minimum absolute atomic E-state index is 0.396. The zero-order valence-electron chi connectivity index (χ0n) is 19.3. The van der Waals surface area contributed by atoms with Crippen LogP contribution in [0.25, 0.3) is 22.8 Å². The molecule has 0 aliphatic heterocycles. The quantitative estimate of drug-likeness (QED) is 0.609. The number of aliphatic hydroxyl groups excluding tert-OH is 1. The van der Waals surface area contributed by atoms with Gasteiger partial charge in [0.05, 0.1) is 0 Å². The van der Waals surface area contributed by atoms with Crippen molar-refractivity contribution in [3.8, 4) is 22.8 Å². The predicted molar refractivity (Wildman–Crippen MR) is 127 cm³/mol. The molecule has 0 saturated carbocycles. The standard InChI is InChI=1S/C27H29N3O2/c1-6-32-27(14-8-7-9-23(27)31)26-29-24(21-12-10-17(2)15-19(21)4)28-25(30-26)22-13-11-18(3)16-20(22)5/h7-16,23,31H,6H2,1-5H3. The van der Waals surface area contributed by atoms with Gasteiger partial charge in [-0.25, -0.2) is 15.0 Å². The molecule has 5 heteroatoms. The van der Waals surface area contributed by atoms with Crippen molar-refractivity contribution < 1.29 is 9.84 Å². The number of hydrogen-bond acceptors (Lipinski definition) is 5. The van der Waals surface area contributed by atoms with E-state index in [2.05, 4.69) is 52.0 Å². The van der Waals surface area contributed by atoms with E-state index < -0.39 is 11.7 Å². The SMILES string of the molecule is CCOC1(c2nc(-c3ccc(C)cc3C)nc(-c3ccc(C)cc3C)n2)C=CC=CC1O. The molecule has 1 aromatic heterocycles. The van der Waals surface area contributed by atoms with Crippen LogP contribution in [0.4, 0.5) is 0 Å². The van der Waals surface area contributed by atoms with Crippen molar-refractivity contribution in [2.45, 2.75) is 46.3 Å². The minimum Gasteiger partial charge on any atom is -0.385 e. The molecule has 0 bridgehead atoms. The van der Waals surface area contributed by atoms with Gasteiger partial charge in [-0.05, 0) is 51.8 Å². The molecule has 32 heavy (non-hydrogen) atoms. The maximum absolute atomic E-state index is 10.9. The van der Waals surface area contributed by atoms with Gasteiger partial charge in [0.2, 0.25) is 0 Å². The highest BCUT2D eigenvalue weighted by Gasteiger charge is 2.42. The van der Waals surface area contributed by atoms with Gasteiger partial charge in [-0.3, -0.25) is 0 Å². The van der Waals surface area contributed by atoms with Crippen LogP contribution in [-0.2, 0) is 10.3 Å². The van der Waals surface area contributed by atoms with Gasteiger partial charge in [0.25, 0.3) is 0 Å². The maximum atomic E-state index is 10.9. The first-order chi connectivity index (χ1) is 15.3. The fourth-order valence-corrected chi connectivity index (χ4v) is 4.17. The summed E-state index contributed by atoms with van der Waals surface area (Å²) in [5.41, 5.74) is 5.21. The van der Waals surface area contributed by atoms with Gasteiger partial charge in [-0.15, -0.1) is 0 Å². The van der Waals surface area contributed by atoms with Crippen molar-refractivity contribution >= 4 is 0 Å². The Morgan fingerprint density at radius 2 is 1.41 bits per heavy atom. The lowest BCUT2D eigenvalue weighted by Crippen LogP contribution is -2.42. The molecule has 2 unspecified atom stereocenters. The molecule has 1 aliphatic rings. The van der Waals surface area contributed by atoms with Gasteiger partial charge in [0.15, 0.2) is 23.1 Å². The summed E-state index contributed by atoms with van der Waals surface area (Å²) in [5.74, 6) is 1.53. The number of aromatic nitrogens is 3. The first kappa shape index (κ1) is 22.1. The zero-order valence-corrected chi connectivity index (χ0v) is 19.3. The Hall–Kier alpha value is -3.15. The van der Waals surface area contributed by atoms with Gasteiger partial charge >= 0.3 is 0 Å². The normalized spacial score (nSPS) is 20.0. The summed E-state index contributed by atoms with van der Waals surface area (Å²) in [5, 5.41) is 10.9. The van der Waals surface area contributed by atoms with Crippen molar-refractivity contribution in [2.75, 3.05) is 6.61 Å². The van der Waals surface area contributed by atoms with Crippen LogP contribution in [0.2, 0.25) is 0 Å². The average Bonchev–Trinajstić information content (AvgIpc) is 2.75. The third-order valence-electron chi connectivity index (χ3n) is 5.80. The molecule has 3 aromatic rings. The van der Waals surface area contributed by atoms with Crippen LogP contribution in [0.1, 0.15) is 35.0 Å². The molecule has 0 saturated heterocycles. The van der Waals surface area contributed by atoms with Crippen LogP contribution >= 0.6 is 0 Å². The molecule has 0 spiro atoms. The predicted octanol–water partition coefficient (Wildman–Crippen LogP) is 5.16. The maximum Gasteiger partial charge on any atom is 0.175 e. The highest BCUT2D eigenvalue weighted by molar-refractivity contribution is 5.66. The summed E-state index contributed by atoms with van der Waals surface area (Å²) < 4.78 is 6.11. The summed E-state index contributed by atoms with van der Waals surface area (Å²) >= 11 is 0. The number of nitrogens with zero attached hydrogens (tertiary/aromatic N) is 3. The Bertz CT molecular complexity index is 1150. The molecule has 0 radical (unpaired) electrons. The molecular weight excluding hydrogens is 398 g/mol. The minimum atomic E-state index is -1.17. The Kier molecular flexibility index (Phi) is 6.04. The van der Waals surface area contributed by atoms with Crippen molar-refractivity contribution in [3.05, 3.63) is 88.8 Å². The van der Waals surface area contributed by atoms with E-state index in [1.54, 1.807) is 12.2 Å². The van der Waals surface area contributed by atoms with E-state index in [1.165, 1.54) is 11.1 Å². The highest BCUT2D eigenvalue weighted by Crippen LogP contribution is 2.35. The molecule has 5 nitrogen and oxygen atoms in total. The number of benzene rings is 2. The smallest absolute Gasteiger partial charge is 0.175 e. The molecule has 4 rings (SSSR count). The molecule has 1 N–H and O–H groups in total. The monoisotopic (exact) mass is 427 g/mol. The Balaban J connectivity index is 1.99. The molecule has 164 valence electrons. The van der Waals surface area contributed by atoms with Crippen molar-refractivity contribution in [1.29, 1.82) is 0 Å². The molecular formula is C27H29N3O2. The number of ether oxygens (including phenoxy) is 1. The highest BCUT2D eigenvalue weighted by atomic mass is 16.5. The fourth-order valence-electron chi connectivity index (χ4n) is 4.17. The molecule has 2 aromatic carbocycles. The summed E-state index contributed by atoms with van der Waals surface area (Å²) in [6.07, 6.45) is 6.29. The van der Waals surface area contributed by atoms with Gasteiger partial charge in [-0.2, -0.15) is 0 Å². The Morgan fingerprint density at radius 1 is 0.844 bits per heavy atom. The Labute approximate surface area is 189 Å². The van der Waals surface area contributed by atoms with Crippen LogP contribution in [0.15, 0.2) is 60.7 Å². The van der Waals surface area contributed by atoms with Crippen molar-refractivity contribution in [3.63, 3.8) is 0 Å². The van der Waals surface area contributed by atoms with E-state index in [0.29, 0.717) is 24.1 Å². The number of aryl methyl sites for hydroxylation is 4. The van der Waals surface area contributed by atoms with E-state index in [1.807, 2.05) is 31.2 Å². The first-order valence-corrected chi connectivity index (χ1v) is 10.9. The lowest BCUT2D eigenvalue weighted by atomic mass is 9.90. The second kappa shape index (κ2) is 8.77. The molecule has 2 atom stereocenters. The average molecular weight is 428 g/mol. The second-order valence-corrected chi connectivity index (χ2v) is 8.36. The van der Waals surface area contributed by atoms with E-state index in [0.717, 1.165) is 22.3 Å². The second-order valence-electron chi connectivity index (χ2n) is 8.36. The summed E-state index contributed by atoms with van der Waals surface area (Å²) in [6.45, 7) is 10.5. The topological polar surface area (TPSA) is 68.1 Å². The summed E-state index contributed by atoms with van der Waals surface area (Å²) in [6, 6.07) is 12.4. The number of rotatable bonds is 5. The van der Waals surface area contributed by atoms with Crippen LogP contribution in [0, 0.1) is 27.7 Å². The van der Waals surface area contributed by atoms with Gasteiger partial charge in [0, 0.05) is 17.7 Å². The Morgan fingerprint density at radius 3 is 1.88 bits per heavy atom. The van der Waals surface area contributed by atoms with Crippen LogP contribution in [0.3, 0.4) is 0 Å². The molecule has 0 fully saturated rings. The summed E-state index contributed by atoms with van der Waals surface area (Å²) in [7, 11) is 0.